The molecule has 4 aromatic rings. The smallest absolute Gasteiger partial charge is 0.345 e. The summed E-state index contributed by atoms with van der Waals surface area (Å²) in [6.45, 7) is 3.75. The van der Waals surface area contributed by atoms with Crippen LogP contribution in [0.25, 0.3) is 28.0 Å². The molecule has 0 amide bonds. The number of ether oxygens (including phenoxy) is 1. The van der Waals surface area contributed by atoms with Crippen LogP contribution in [0.3, 0.4) is 0 Å². The predicted molar refractivity (Wildman–Crippen MR) is 101 cm³/mol. The van der Waals surface area contributed by atoms with Gasteiger partial charge in [-0.15, -0.1) is 0 Å². The van der Waals surface area contributed by atoms with Gasteiger partial charge in [0.25, 0.3) is 0 Å². The molecule has 1 aromatic carbocycles. The first-order chi connectivity index (χ1) is 13.2. The van der Waals surface area contributed by atoms with E-state index in [0.717, 1.165) is 30.5 Å². The van der Waals surface area contributed by atoms with Crippen LogP contribution in [-0.4, -0.2) is 33.6 Å². The number of imidazole rings is 1. The lowest BCUT2D eigenvalue weighted by molar-refractivity contribution is 0.223. The van der Waals surface area contributed by atoms with E-state index in [-0.39, 0.29) is 6.10 Å². The molecule has 0 radical (unpaired) electrons. The molecule has 1 atom stereocenters. The first-order valence-corrected chi connectivity index (χ1v) is 8.93. The summed E-state index contributed by atoms with van der Waals surface area (Å²) in [7, 11) is 0. The number of nitrogens with one attached hydrogen (secondary N) is 1. The lowest BCUT2D eigenvalue weighted by Crippen LogP contribution is -2.19. The Balaban J connectivity index is 1.54. The van der Waals surface area contributed by atoms with Gasteiger partial charge in [0.2, 0.25) is 5.78 Å². The zero-order chi connectivity index (χ0) is 18.4. The van der Waals surface area contributed by atoms with Crippen LogP contribution < -0.4 is 15.7 Å². The van der Waals surface area contributed by atoms with E-state index in [0.29, 0.717) is 28.4 Å². The van der Waals surface area contributed by atoms with Crippen molar-refractivity contribution in [1.29, 1.82) is 0 Å². The van der Waals surface area contributed by atoms with E-state index in [4.69, 9.17) is 9.15 Å². The normalized spacial score (nSPS) is 17.0. The Labute approximate surface area is 154 Å². The van der Waals surface area contributed by atoms with E-state index in [9.17, 15) is 4.79 Å². The third-order valence-electron chi connectivity index (χ3n) is 4.74. The van der Waals surface area contributed by atoms with Gasteiger partial charge in [0, 0.05) is 36.6 Å². The Morgan fingerprint density at radius 2 is 2.22 bits per heavy atom. The third-order valence-corrected chi connectivity index (χ3v) is 4.74. The maximum atomic E-state index is 12.5. The fraction of sp³-hybridized carbons (Fsp3) is 0.250. The van der Waals surface area contributed by atoms with Crippen LogP contribution >= 0.6 is 0 Å². The highest BCUT2D eigenvalue weighted by atomic mass is 16.5. The van der Waals surface area contributed by atoms with Crippen LogP contribution in [0.5, 0.6) is 5.75 Å². The van der Waals surface area contributed by atoms with E-state index < -0.39 is 5.63 Å². The zero-order valence-electron chi connectivity index (χ0n) is 14.8. The number of rotatable bonds is 3. The van der Waals surface area contributed by atoms with Crippen LogP contribution in [0.4, 0.5) is 0 Å². The highest BCUT2D eigenvalue weighted by molar-refractivity contribution is 5.82. The molecule has 1 aliphatic heterocycles. The summed E-state index contributed by atoms with van der Waals surface area (Å²) >= 11 is 0. The standard InChI is InChI=1S/C20H18N4O3/c1-12-8-22-20-23-17(11-24(20)10-12)16-6-13-2-3-14(7-18(13)27-19(16)25)26-15-4-5-21-9-15/h2-3,6-8,10-11,15,21H,4-5,9H2,1H3. The van der Waals surface area contributed by atoms with Gasteiger partial charge in [-0.1, -0.05) is 0 Å². The number of aromatic nitrogens is 3. The molecule has 0 saturated carbocycles. The van der Waals surface area contributed by atoms with E-state index in [1.807, 2.05) is 25.3 Å². The van der Waals surface area contributed by atoms with Gasteiger partial charge in [0.15, 0.2) is 0 Å². The molecule has 7 heteroatoms. The van der Waals surface area contributed by atoms with Crippen molar-refractivity contribution >= 4 is 16.7 Å². The third kappa shape index (κ3) is 2.96. The van der Waals surface area contributed by atoms with Crippen molar-refractivity contribution in [2.75, 3.05) is 13.1 Å². The van der Waals surface area contributed by atoms with E-state index in [2.05, 4.69) is 15.3 Å². The molecule has 7 nitrogen and oxygen atoms in total. The molecule has 136 valence electrons. The molecule has 4 heterocycles. The Hall–Kier alpha value is -3.19. The molecule has 1 saturated heterocycles. The van der Waals surface area contributed by atoms with Crippen LogP contribution in [0.1, 0.15) is 12.0 Å². The second-order valence-corrected chi connectivity index (χ2v) is 6.84. The van der Waals surface area contributed by atoms with Gasteiger partial charge in [0.1, 0.15) is 17.4 Å². The number of aryl methyl sites for hydroxylation is 1. The monoisotopic (exact) mass is 362 g/mol. The number of nitrogens with zero attached hydrogens (tertiary/aromatic N) is 3. The summed E-state index contributed by atoms with van der Waals surface area (Å²) in [5.74, 6) is 1.25. The first kappa shape index (κ1) is 16.0. The van der Waals surface area contributed by atoms with E-state index >= 15 is 0 Å². The van der Waals surface area contributed by atoms with E-state index in [1.165, 1.54) is 0 Å². The van der Waals surface area contributed by atoms with Gasteiger partial charge in [-0.2, -0.15) is 0 Å². The molecule has 0 aliphatic carbocycles. The number of hydrogen-bond acceptors (Lipinski definition) is 6. The Kier molecular flexibility index (Phi) is 3.68. The molecule has 1 unspecified atom stereocenters. The maximum absolute atomic E-state index is 12.5. The van der Waals surface area contributed by atoms with Crippen molar-refractivity contribution in [2.24, 2.45) is 0 Å². The average Bonchev–Trinajstić information content (AvgIpc) is 3.30. The highest BCUT2D eigenvalue weighted by Crippen LogP contribution is 2.25. The summed E-state index contributed by atoms with van der Waals surface area (Å²) in [5.41, 5.74) is 2.05. The van der Waals surface area contributed by atoms with Gasteiger partial charge < -0.3 is 14.5 Å². The molecule has 1 N–H and O–H groups in total. The summed E-state index contributed by atoms with van der Waals surface area (Å²) in [4.78, 5) is 21.3. The maximum Gasteiger partial charge on any atom is 0.345 e. The minimum absolute atomic E-state index is 0.155. The van der Waals surface area contributed by atoms with Gasteiger partial charge in [-0.05, 0) is 43.7 Å². The minimum Gasteiger partial charge on any atom is -0.489 e. The summed E-state index contributed by atoms with van der Waals surface area (Å²) in [6, 6.07) is 7.38. The summed E-state index contributed by atoms with van der Waals surface area (Å²) in [6.07, 6.45) is 6.59. The summed E-state index contributed by atoms with van der Waals surface area (Å²) < 4.78 is 13.3. The topological polar surface area (TPSA) is 81.7 Å². The van der Waals surface area contributed by atoms with Crippen LogP contribution in [0, 0.1) is 6.92 Å². The number of hydrogen-bond donors (Lipinski definition) is 1. The lowest BCUT2D eigenvalue weighted by atomic mass is 10.1. The van der Waals surface area contributed by atoms with Crippen LogP contribution in [0.2, 0.25) is 0 Å². The first-order valence-electron chi connectivity index (χ1n) is 8.93. The molecule has 1 fully saturated rings. The molecule has 0 bridgehead atoms. The average molecular weight is 362 g/mol. The molecule has 1 aliphatic rings. The minimum atomic E-state index is -0.428. The lowest BCUT2D eigenvalue weighted by Gasteiger charge is -2.12. The van der Waals surface area contributed by atoms with Gasteiger partial charge in [-0.25, -0.2) is 14.8 Å². The quantitative estimate of drug-likeness (QED) is 0.564. The fourth-order valence-electron chi connectivity index (χ4n) is 3.38. The SMILES string of the molecule is Cc1cnc2nc(-c3cc4ccc(OC5CCNC5)cc4oc3=O)cn2c1. The molecule has 27 heavy (non-hydrogen) atoms. The summed E-state index contributed by atoms with van der Waals surface area (Å²) in [5, 5.41) is 4.09. The second-order valence-electron chi connectivity index (χ2n) is 6.84. The Morgan fingerprint density at radius 3 is 3.07 bits per heavy atom. The van der Waals surface area contributed by atoms with E-state index in [1.54, 1.807) is 28.9 Å². The second kappa shape index (κ2) is 6.21. The largest absolute Gasteiger partial charge is 0.489 e. The molecule has 0 spiro atoms. The number of fused-ring (bicyclic) bond motifs is 2. The van der Waals surface area contributed by atoms with Crippen molar-refractivity contribution in [3.8, 4) is 17.0 Å². The van der Waals surface area contributed by atoms with Gasteiger partial charge in [0.05, 0.1) is 11.3 Å². The van der Waals surface area contributed by atoms with Crippen molar-refractivity contribution < 1.29 is 9.15 Å². The zero-order valence-corrected chi connectivity index (χ0v) is 14.8. The predicted octanol–water partition coefficient (Wildman–Crippen LogP) is 2.55. The Bertz CT molecular complexity index is 1210. The number of benzene rings is 1. The highest BCUT2D eigenvalue weighted by Gasteiger charge is 2.17. The van der Waals surface area contributed by atoms with Crippen LogP contribution in [0.15, 0.2) is 52.1 Å². The molecule has 5 rings (SSSR count). The van der Waals surface area contributed by atoms with Crippen molar-refractivity contribution in [3.05, 3.63) is 58.8 Å². The molecule has 3 aromatic heterocycles. The van der Waals surface area contributed by atoms with Gasteiger partial charge in [-0.3, -0.25) is 4.40 Å². The Morgan fingerprint density at radius 1 is 1.30 bits per heavy atom. The molecular formula is C20H18N4O3. The van der Waals surface area contributed by atoms with Crippen molar-refractivity contribution in [2.45, 2.75) is 19.4 Å². The van der Waals surface area contributed by atoms with Crippen molar-refractivity contribution in [1.82, 2.24) is 19.7 Å². The van der Waals surface area contributed by atoms with Crippen LogP contribution in [-0.2, 0) is 0 Å². The van der Waals surface area contributed by atoms with Crippen molar-refractivity contribution in [3.63, 3.8) is 0 Å². The van der Waals surface area contributed by atoms with Gasteiger partial charge >= 0.3 is 5.63 Å². The fourth-order valence-corrected chi connectivity index (χ4v) is 3.38. The molecular weight excluding hydrogens is 344 g/mol.